The number of carbonyl (C=O) groups is 1. The standard InChI is InChI=1S/C9H6ClNO3/c10-5-1-2-6-7(4-9(12)13)11-14-8(6)3-5/h1-3H,4H2,(H,12,13). The zero-order chi connectivity index (χ0) is 10.1. The number of hydrogen-bond acceptors (Lipinski definition) is 3. The molecule has 1 aromatic carbocycles. The summed E-state index contributed by atoms with van der Waals surface area (Å²) in [5, 5.41) is 13.5. The van der Waals surface area contributed by atoms with Gasteiger partial charge in [-0.3, -0.25) is 4.79 Å². The summed E-state index contributed by atoms with van der Waals surface area (Å²) < 4.78 is 4.93. The normalized spacial score (nSPS) is 10.6. The molecule has 0 bridgehead atoms. The van der Waals surface area contributed by atoms with E-state index in [0.29, 0.717) is 21.7 Å². The molecule has 1 aromatic heterocycles. The molecule has 1 N–H and O–H groups in total. The van der Waals surface area contributed by atoms with E-state index in [-0.39, 0.29) is 6.42 Å². The Labute approximate surface area is 84.1 Å². The van der Waals surface area contributed by atoms with E-state index in [2.05, 4.69) is 5.16 Å². The van der Waals surface area contributed by atoms with E-state index in [1.807, 2.05) is 0 Å². The van der Waals surface area contributed by atoms with Gasteiger partial charge in [0.2, 0.25) is 0 Å². The van der Waals surface area contributed by atoms with Gasteiger partial charge in [-0.15, -0.1) is 0 Å². The lowest BCUT2D eigenvalue weighted by Gasteiger charge is -1.90. The highest BCUT2D eigenvalue weighted by atomic mass is 35.5. The lowest BCUT2D eigenvalue weighted by Crippen LogP contribution is -2.00. The van der Waals surface area contributed by atoms with Crippen LogP contribution < -0.4 is 0 Å². The van der Waals surface area contributed by atoms with Crippen molar-refractivity contribution in [2.45, 2.75) is 6.42 Å². The van der Waals surface area contributed by atoms with Crippen molar-refractivity contribution in [3.63, 3.8) is 0 Å². The molecule has 0 radical (unpaired) electrons. The fraction of sp³-hybridized carbons (Fsp3) is 0.111. The second-order valence-corrected chi connectivity index (χ2v) is 3.28. The molecular formula is C9H6ClNO3. The molecule has 0 unspecified atom stereocenters. The second-order valence-electron chi connectivity index (χ2n) is 2.84. The third-order valence-corrected chi connectivity index (χ3v) is 2.06. The molecule has 0 amide bonds. The van der Waals surface area contributed by atoms with Crippen molar-refractivity contribution in [3.05, 3.63) is 28.9 Å². The lowest BCUT2D eigenvalue weighted by molar-refractivity contribution is -0.136. The average Bonchev–Trinajstić information content (AvgIpc) is 2.47. The average molecular weight is 212 g/mol. The number of halogens is 1. The zero-order valence-corrected chi connectivity index (χ0v) is 7.78. The Morgan fingerprint density at radius 1 is 1.57 bits per heavy atom. The van der Waals surface area contributed by atoms with Gasteiger partial charge >= 0.3 is 5.97 Å². The van der Waals surface area contributed by atoms with E-state index in [1.54, 1.807) is 18.2 Å². The molecule has 0 aliphatic carbocycles. The van der Waals surface area contributed by atoms with Crippen LogP contribution in [0.5, 0.6) is 0 Å². The molecule has 72 valence electrons. The van der Waals surface area contributed by atoms with Crippen LogP contribution in [0, 0.1) is 0 Å². The molecule has 0 aliphatic heterocycles. The SMILES string of the molecule is O=C(O)Cc1noc2cc(Cl)ccc12. The van der Waals surface area contributed by atoms with Gasteiger partial charge in [0.25, 0.3) is 0 Å². The first-order valence-corrected chi connectivity index (χ1v) is 4.30. The summed E-state index contributed by atoms with van der Waals surface area (Å²) >= 11 is 5.73. The van der Waals surface area contributed by atoms with E-state index < -0.39 is 5.97 Å². The number of aromatic nitrogens is 1. The van der Waals surface area contributed by atoms with Crippen molar-refractivity contribution in [2.75, 3.05) is 0 Å². The van der Waals surface area contributed by atoms with Crippen LogP contribution in [0.15, 0.2) is 22.7 Å². The minimum Gasteiger partial charge on any atom is -0.481 e. The van der Waals surface area contributed by atoms with Gasteiger partial charge in [-0.1, -0.05) is 16.8 Å². The second kappa shape index (κ2) is 3.31. The molecular weight excluding hydrogens is 206 g/mol. The number of carboxylic acids is 1. The summed E-state index contributed by atoms with van der Waals surface area (Å²) in [5.74, 6) is -0.935. The Morgan fingerprint density at radius 2 is 2.36 bits per heavy atom. The number of fused-ring (bicyclic) bond motifs is 1. The lowest BCUT2D eigenvalue weighted by atomic mass is 10.2. The van der Waals surface area contributed by atoms with Gasteiger partial charge in [-0.2, -0.15) is 0 Å². The summed E-state index contributed by atoms with van der Waals surface area (Å²) in [4.78, 5) is 10.5. The number of rotatable bonds is 2. The van der Waals surface area contributed by atoms with E-state index in [0.717, 1.165) is 0 Å². The van der Waals surface area contributed by atoms with Crippen molar-refractivity contribution in [3.8, 4) is 0 Å². The highest BCUT2D eigenvalue weighted by Gasteiger charge is 2.11. The molecule has 5 heteroatoms. The van der Waals surface area contributed by atoms with Crippen LogP contribution in [-0.2, 0) is 11.2 Å². The first kappa shape index (κ1) is 9.02. The maximum Gasteiger partial charge on any atom is 0.309 e. The predicted molar refractivity (Wildman–Crippen MR) is 50.4 cm³/mol. The molecule has 2 rings (SSSR count). The maximum absolute atomic E-state index is 10.5. The quantitative estimate of drug-likeness (QED) is 0.826. The van der Waals surface area contributed by atoms with Crippen LogP contribution in [0.3, 0.4) is 0 Å². The smallest absolute Gasteiger partial charge is 0.309 e. The highest BCUT2D eigenvalue weighted by molar-refractivity contribution is 6.31. The molecule has 0 saturated carbocycles. The summed E-state index contributed by atoms with van der Waals surface area (Å²) in [6.07, 6.45) is -0.144. The van der Waals surface area contributed by atoms with Crippen LogP contribution in [0.4, 0.5) is 0 Å². The first-order valence-electron chi connectivity index (χ1n) is 3.92. The topological polar surface area (TPSA) is 63.3 Å². The van der Waals surface area contributed by atoms with Gasteiger partial charge in [-0.05, 0) is 12.1 Å². The molecule has 14 heavy (non-hydrogen) atoms. The van der Waals surface area contributed by atoms with E-state index in [1.165, 1.54) is 0 Å². The van der Waals surface area contributed by atoms with Gasteiger partial charge in [0.15, 0.2) is 5.58 Å². The van der Waals surface area contributed by atoms with Gasteiger partial charge in [-0.25, -0.2) is 0 Å². The van der Waals surface area contributed by atoms with E-state index in [4.69, 9.17) is 21.2 Å². The van der Waals surface area contributed by atoms with E-state index >= 15 is 0 Å². The molecule has 4 nitrogen and oxygen atoms in total. The van der Waals surface area contributed by atoms with Gasteiger partial charge in [0.05, 0.1) is 6.42 Å². The van der Waals surface area contributed by atoms with Crippen molar-refractivity contribution < 1.29 is 14.4 Å². The molecule has 0 saturated heterocycles. The van der Waals surface area contributed by atoms with Crippen molar-refractivity contribution >= 4 is 28.5 Å². The Bertz CT molecular complexity index is 492. The minimum absolute atomic E-state index is 0.144. The van der Waals surface area contributed by atoms with Crippen LogP contribution in [0.2, 0.25) is 5.02 Å². The van der Waals surface area contributed by atoms with Crippen LogP contribution in [0.1, 0.15) is 5.69 Å². The number of aliphatic carboxylic acids is 1. The molecule has 2 aromatic rings. The Kier molecular flexibility index (Phi) is 2.13. The van der Waals surface area contributed by atoms with Crippen molar-refractivity contribution in [1.29, 1.82) is 0 Å². The molecule has 0 spiro atoms. The summed E-state index contributed by atoms with van der Waals surface area (Å²) in [5.41, 5.74) is 0.929. The minimum atomic E-state index is -0.935. The number of benzene rings is 1. The third-order valence-electron chi connectivity index (χ3n) is 1.83. The largest absolute Gasteiger partial charge is 0.481 e. The van der Waals surface area contributed by atoms with Crippen LogP contribution in [0.25, 0.3) is 11.0 Å². The third kappa shape index (κ3) is 1.56. The number of nitrogens with zero attached hydrogens (tertiary/aromatic N) is 1. The summed E-state index contributed by atoms with van der Waals surface area (Å²) in [6, 6.07) is 4.98. The number of hydrogen-bond donors (Lipinski definition) is 1. The Morgan fingerprint density at radius 3 is 3.07 bits per heavy atom. The van der Waals surface area contributed by atoms with Gasteiger partial charge in [0, 0.05) is 16.5 Å². The van der Waals surface area contributed by atoms with Gasteiger partial charge in [0.1, 0.15) is 5.69 Å². The number of carboxylic acid groups (broad SMARTS) is 1. The maximum atomic E-state index is 10.5. The highest BCUT2D eigenvalue weighted by Crippen LogP contribution is 2.22. The van der Waals surface area contributed by atoms with Crippen molar-refractivity contribution in [1.82, 2.24) is 5.16 Å². The summed E-state index contributed by atoms with van der Waals surface area (Å²) in [6.45, 7) is 0. The first-order chi connectivity index (χ1) is 6.66. The fourth-order valence-corrected chi connectivity index (χ4v) is 1.40. The molecule has 0 atom stereocenters. The Hall–Kier alpha value is -1.55. The molecule has 1 heterocycles. The predicted octanol–water partition coefficient (Wildman–Crippen LogP) is 2.11. The fourth-order valence-electron chi connectivity index (χ4n) is 1.23. The Balaban J connectivity index is 2.52. The van der Waals surface area contributed by atoms with Gasteiger partial charge < -0.3 is 9.63 Å². The molecule has 0 fully saturated rings. The van der Waals surface area contributed by atoms with Crippen molar-refractivity contribution in [2.24, 2.45) is 0 Å². The molecule has 0 aliphatic rings. The van der Waals surface area contributed by atoms with Crippen LogP contribution in [-0.4, -0.2) is 16.2 Å². The van der Waals surface area contributed by atoms with Crippen LogP contribution >= 0.6 is 11.6 Å². The zero-order valence-electron chi connectivity index (χ0n) is 7.03. The monoisotopic (exact) mass is 211 g/mol. The summed E-state index contributed by atoms with van der Waals surface area (Å²) in [7, 11) is 0. The van der Waals surface area contributed by atoms with E-state index in [9.17, 15) is 4.79 Å².